The van der Waals surface area contributed by atoms with Crippen LogP contribution in [0, 0.1) is 59.9 Å². The van der Waals surface area contributed by atoms with E-state index in [1.165, 1.54) is 24.4 Å². The van der Waals surface area contributed by atoms with Gasteiger partial charge in [-0.15, -0.1) is 0 Å². The molecule has 0 radical (unpaired) electrons. The minimum absolute atomic E-state index is 0. The van der Waals surface area contributed by atoms with Gasteiger partial charge in [0.2, 0.25) is 17.6 Å². The highest BCUT2D eigenvalue weighted by molar-refractivity contribution is 9.09. The number of rotatable bonds is 22. The first kappa shape index (κ1) is 85.4. The first-order chi connectivity index (χ1) is 51.3. The number of aromatic amines is 2. The van der Waals surface area contributed by atoms with Gasteiger partial charge >= 0.3 is 17.9 Å². The summed E-state index contributed by atoms with van der Waals surface area (Å²) in [5.74, 6) is -1.92. The van der Waals surface area contributed by atoms with Crippen LogP contribution in [-0.4, -0.2) is 121 Å². The molecular weight excluding hydrogens is 1470 g/mol. The normalized spacial score (nSPS) is 11.4. The van der Waals surface area contributed by atoms with Crippen molar-refractivity contribution in [1.29, 1.82) is 5.41 Å². The summed E-state index contributed by atoms with van der Waals surface area (Å²) in [4.78, 5) is 87.2. The summed E-state index contributed by atoms with van der Waals surface area (Å²) in [6, 6.07) is 37.8. The van der Waals surface area contributed by atoms with Gasteiger partial charge in [-0.05, 0) is 150 Å². The number of nitrogens with zero attached hydrogens (tertiary/aromatic N) is 8. The molecule has 110 heavy (non-hydrogen) atoms. The molecule has 0 saturated heterocycles. The van der Waals surface area contributed by atoms with Crippen LogP contribution in [0.3, 0.4) is 0 Å². The Hall–Kier alpha value is -11.8. The molecule has 0 aliphatic heterocycles. The fourth-order valence-corrected chi connectivity index (χ4v) is 10.2. The first-order valence-corrected chi connectivity index (χ1v) is 35.6. The Morgan fingerprint density at radius 2 is 0.791 bits per heavy atom. The van der Waals surface area contributed by atoms with E-state index in [2.05, 4.69) is 65.8 Å². The highest BCUT2D eigenvalue weighted by Crippen LogP contribution is 2.34. The summed E-state index contributed by atoms with van der Waals surface area (Å²) in [5, 5.41) is 16.9. The molecule has 576 valence electrons. The minimum atomic E-state index is -1.04. The van der Waals surface area contributed by atoms with Crippen molar-refractivity contribution in [2.45, 2.75) is 122 Å². The van der Waals surface area contributed by atoms with Gasteiger partial charge in [-0.3, -0.25) is 24.6 Å². The largest absolute Gasteiger partial charge is 0.481 e. The summed E-state index contributed by atoms with van der Waals surface area (Å²) < 4.78 is 72.1. The molecule has 22 nitrogen and oxygen atoms in total. The number of H-pyrrole nitrogens is 2. The number of carboxylic acids is 1. The van der Waals surface area contributed by atoms with Crippen LogP contribution in [0.2, 0.25) is 0 Å². The van der Waals surface area contributed by atoms with Gasteiger partial charge in [0.25, 0.3) is 0 Å². The van der Waals surface area contributed by atoms with Gasteiger partial charge in [0, 0.05) is 94.3 Å². The number of benzene rings is 3. The van der Waals surface area contributed by atoms with Crippen molar-refractivity contribution in [3.8, 4) is 96.6 Å². The molecule has 11 rings (SSSR count). The Bertz CT molecular complexity index is 5030. The number of ketones is 1. The molecule has 0 atom stereocenters. The Morgan fingerprint density at radius 1 is 0.455 bits per heavy atom. The van der Waals surface area contributed by atoms with Gasteiger partial charge in [-0.2, -0.15) is 0 Å². The lowest BCUT2D eigenvalue weighted by Crippen LogP contribution is -2.37. The number of aromatic nitrogens is 10. The zero-order valence-electron chi connectivity index (χ0n) is 63.4. The number of imidazole rings is 2. The maximum Gasteiger partial charge on any atom is 0.315 e. The molecule has 8 heterocycles. The average Bonchev–Trinajstić information content (AvgIpc) is 1.28. The molecule has 0 aliphatic carbocycles. The van der Waals surface area contributed by atoms with Crippen LogP contribution in [0.4, 0.5) is 13.2 Å². The molecule has 8 aromatic heterocycles. The number of aryl methyl sites for hydroxylation is 3. The van der Waals surface area contributed by atoms with E-state index in [1.807, 2.05) is 153 Å². The van der Waals surface area contributed by atoms with Gasteiger partial charge in [-0.25, -0.2) is 53.0 Å². The van der Waals surface area contributed by atoms with Gasteiger partial charge < -0.3 is 44.5 Å². The van der Waals surface area contributed by atoms with Crippen molar-refractivity contribution in [2.24, 2.45) is 22.0 Å². The number of Topliss-reactive ketones (excluding diaryl/α,β-unsaturated/α-hetero) is 1. The molecule has 0 saturated carbocycles. The predicted molar refractivity (Wildman–Crippen MR) is 422 cm³/mol. The Balaban J connectivity index is 0.000000215. The molecule has 11 aromatic rings. The second-order valence-corrected chi connectivity index (χ2v) is 29.9. The van der Waals surface area contributed by atoms with Gasteiger partial charge in [0.15, 0.2) is 34.9 Å². The summed E-state index contributed by atoms with van der Waals surface area (Å²) >= 11 is 3.10. The second kappa shape index (κ2) is 36.9. The van der Waals surface area contributed by atoms with E-state index in [4.69, 9.17) is 34.8 Å². The number of carbonyl (C=O) groups excluding carboxylic acids is 3. The monoisotopic (exact) mass is 1560 g/mol. The average molecular weight is 1570 g/mol. The number of hydrogen-bond donors (Lipinski definition) is 5. The topological polar surface area (TPSA) is 319 Å². The number of amidine groups is 1. The number of hydrogen-bond acceptors (Lipinski definition) is 18. The SMILES string of the molecule is C.Cc1cc(OCC(C)(C)C(=O)O)ncc1-c1cnc(-c2ncc(-c3ccccc3)[nH]2)c(F)c1.Cc1cc(OCC(C)(C)C(=O)OC(C)(C)C)ncc1-c1cnc(-c2ncc(-c3ccccc3)[nH]2)c(F)c1.Cc1cc(OCC(C)(C)C(=O)OC(C)(C)C)ncc1-c1cnc(C(=N)N)c(F)c1.O=C(CBr)c1ccccc1. The minimum Gasteiger partial charge on any atom is -0.481 e. The number of ether oxygens (including phenoxy) is 5. The number of nitrogens with two attached hydrogens (primary N) is 1. The van der Waals surface area contributed by atoms with Gasteiger partial charge in [-0.1, -0.05) is 114 Å². The standard InChI is InChI=1S/C29H31FN4O3.C25H23FN4O3.C21H27FN4O3.C8H7BrO.CH4/c1-18-12-24(36-17-29(5,6)27(35)37-28(2,3)4)31-15-21(18)20-13-22(30)25(32-14-20)26-33-16-23(34-26)19-10-8-7-9-11-19;1-15-9-21(33-14-25(2,3)24(31)32)27-12-18(15)17-10-19(26)22(28-11-17)23-29-13-20(30-23)16-7-5-4-6-8-16;1-12-7-16(28-11-21(5,6)19(27)29-20(2,3)4)25-10-14(12)13-8-15(22)17(18(23)24)26-9-13;9-6-8(10)7-4-2-1-3-5-7;/h7-16H,17H2,1-6H3,(H,33,34);4-13H,14H2,1-3H3,(H,29,30)(H,31,32);7-10H,11H2,1-6H3,(H3,23,24);1-5H,6H2;1H4. The highest BCUT2D eigenvalue weighted by Gasteiger charge is 2.36. The van der Waals surface area contributed by atoms with E-state index in [0.717, 1.165) is 50.3 Å². The van der Waals surface area contributed by atoms with Crippen molar-refractivity contribution >= 4 is 45.5 Å². The third kappa shape index (κ3) is 23.6. The van der Waals surface area contributed by atoms with Crippen LogP contribution in [0.5, 0.6) is 17.6 Å². The van der Waals surface area contributed by atoms with E-state index in [9.17, 15) is 33.1 Å². The molecular formula is C84H92BrF3N12O10. The first-order valence-electron chi connectivity index (χ1n) is 34.5. The number of nitrogen functional groups attached to an aromatic ring is 1. The van der Waals surface area contributed by atoms with Crippen LogP contribution in [0.1, 0.15) is 123 Å². The van der Waals surface area contributed by atoms with Crippen LogP contribution < -0.4 is 19.9 Å². The van der Waals surface area contributed by atoms with E-state index >= 15 is 4.39 Å². The maximum absolute atomic E-state index is 15.1. The summed E-state index contributed by atoms with van der Waals surface area (Å²) in [6.07, 6.45) is 12.6. The molecule has 0 amide bonds. The summed E-state index contributed by atoms with van der Waals surface area (Å²) in [6.45, 7) is 26.8. The number of pyridine rings is 6. The fraction of sp³-hybridized carbons (Fsp3) is 0.298. The number of alkyl halides is 1. The number of aliphatic carboxylic acids is 1. The van der Waals surface area contributed by atoms with Crippen LogP contribution in [0.25, 0.3) is 78.9 Å². The molecule has 0 spiro atoms. The number of nitrogens with one attached hydrogen (secondary N) is 3. The second-order valence-electron chi connectivity index (χ2n) is 29.4. The predicted octanol–water partition coefficient (Wildman–Crippen LogP) is 18.1. The van der Waals surface area contributed by atoms with Crippen molar-refractivity contribution in [2.75, 3.05) is 25.2 Å². The third-order valence-corrected chi connectivity index (χ3v) is 16.7. The van der Waals surface area contributed by atoms with Crippen molar-refractivity contribution in [3.63, 3.8) is 0 Å². The number of halogens is 4. The van der Waals surface area contributed by atoms with E-state index < -0.39 is 56.7 Å². The molecule has 0 bridgehead atoms. The van der Waals surface area contributed by atoms with E-state index in [1.54, 1.807) is 103 Å². The lowest BCUT2D eigenvalue weighted by atomic mass is 9.94. The Kier molecular flexibility index (Phi) is 28.6. The maximum atomic E-state index is 15.1. The number of esters is 2. The third-order valence-electron chi connectivity index (χ3n) is 16.2. The molecule has 0 fully saturated rings. The highest BCUT2D eigenvalue weighted by atomic mass is 79.9. The number of carbonyl (C=O) groups is 4. The van der Waals surface area contributed by atoms with Gasteiger partial charge in [0.05, 0.1) is 45.4 Å². The molecule has 6 N–H and O–H groups in total. The van der Waals surface area contributed by atoms with Crippen LogP contribution in [-0.2, 0) is 23.9 Å². The fourth-order valence-electron chi connectivity index (χ4n) is 9.92. The quantitative estimate of drug-likeness (QED) is 0.0138. The molecule has 0 unspecified atom stereocenters. The van der Waals surface area contributed by atoms with E-state index in [-0.39, 0.29) is 62.1 Å². The van der Waals surface area contributed by atoms with Gasteiger partial charge in [0.1, 0.15) is 53.9 Å². The molecule has 0 aliphatic rings. The van der Waals surface area contributed by atoms with Crippen LogP contribution in [0.15, 0.2) is 177 Å². The van der Waals surface area contributed by atoms with Crippen LogP contribution >= 0.6 is 15.9 Å². The lowest BCUT2D eigenvalue weighted by molar-refractivity contribution is -0.168. The summed E-state index contributed by atoms with van der Waals surface area (Å²) in [5.41, 5.74) is 11.9. The van der Waals surface area contributed by atoms with Crippen molar-refractivity contribution in [3.05, 3.63) is 222 Å². The smallest absolute Gasteiger partial charge is 0.315 e. The summed E-state index contributed by atoms with van der Waals surface area (Å²) in [7, 11) is 0. The number of carboxylic acid groups (broad SMARTS) is 1. The zero-order chi connectivity index (χ0) is 79.8. The van der Waals surface area contributed by atoms with E-state index in [0.29, 0.717) is 62.4 Å². The van der Waals surface area contributed by atoms with Crippen molar-refractivity contribution < 1.29 is 61.1 Å². The Morgan fingerprint density at radius 3 is 1.10 bits per heavy atom. The molecule has 26 heteroatoms. The Labute approximate surface area is 647 Å². The lowest BCUT2D eigenvalue weighted by Gasteiger charge is -2.28. The van der Waals surface area contributed by atoms with Crippen molar-refractivity contribution in [1.82, 2.24) is 49.8 Å². The molecule has 3 aromatic carbocycles. The zero-order valence-corrected chi connectivity index (χ0v) is 64.9.